The molecule has 0 aliphatic carbocycles. The molecule has 1 aromatic carbocycles. The van der Waals surface area contributed by atoms with Crippen LogP contribution in [-0.2, 0) is 0 Å². The van der Waals surface area contributed by atoms with Gasteiger partial charge >= 0.3 is 0 Å². The maximum absolute atomic E-state index is 3.94. The first-order chi connectivity index (χ1) is 7.61. The van der Waals surface area contributed by atoms with Crippen molar-refractivity contribution in [3.63, 3.8) is 0 Å². The van der Waals surface area contributed by atoms with Crippen molar-refractivity contribution in [2.75, 3.05) is 26.8 Å². The molecular formula is C14H24NP. The van der Waals surface area contributed by atoms with E-state index in [1.165, 1.54) is 23.8 Å². The Morgan fingerprint density at radius 3 is 2.12 bits per heavy atom. The molecule has 90 valence electrons. The van der Waals surface area contributed by atoms with Crippen molar-refractivity contribution in [2.24, 2.45) is 0 Å². The lowest BCUT2D eigenvalue weighted by Gasteiger charge is -2.03. The van der Waals surface area contributed by atoms with Crippen LogP contribution in [-0.4, -0.2) is 31.7 Å². The zero-order valence-electron chi connectivity index (χ0n) is 10.7. The summed E-state index contributed by atoms with van der Waals surface area (Å²) in [6.07, 6.45) is 2.21. The third-order valence-electron chi connectivity index (χ3n) is 2.19. The molecule has 0 aromatic heterocycles. The maximum atomic E-state index is 3.94. The highest BCUT2D eigenvalue weighted by Gasteiger charge is 1.91. The Balaban J connectivity index is 0.000000325. The van der Waals surface area contributed by atoms with E-state index in [4.69, 9.17) is 0 Å². The number of allylic oxidation sites excluding steroid dienone is 1. The van der Waals surface area contributed by atoms with Gasteiger partial charge in [0.1, 0.15) is 0 Å². The first-order valence-electron chi connectivity index (χ1n) is 5.69. The lowest BCUT2D eigenvalue weighted by Crippen LogP contribution is -2.13. The lowest BCUT2D eigenvalue weighted by molar-refractivity contribution is 0.437. The lowest BCUT2D eigenvalue weighted by atomic mass is 10.1. The summed E-state index contributed by atoms with van der Waals surface area (Å²) in [6.45, 7) is 7.24. The molecule has 0 fully saturated rings. The van der Waals surface area contributed by atoms with Crippen LogP contribution in [0.3, 0.4) is 0 Å². The summed E-state index contributed by atoms with van der Waals surface area (Å²) in [4.78, 5) is 2.16. The van der Waals surface area contributed by atoms with Crippen LogP contribution in [0, 0.1) is 0 Å². The van der Waals surface area contributed by atoms with E-state index in [-0.39, 0.29) is 0 Å². The highest BCUT2D eigenvalue weighted by molar-refractivity contribution is 7.16. The molecule has 0 aliphatic rings. The second kappa shape index (κ2) is 9.57. The molecule has 0 heterocycles. The number of benzene rings is 1. The molecule has 2 heteroatoms. The minimum absolute atomic E-state index is 1.03. The van der Waals surface area contributed by atoms with E-state index in [2.05, 4.69) is 53.9 Å². The van der Waals surface area contributed by atoms with Gasteiger partial charge in [-0.15, -0.1) is 9.24 Å². The van der Waals surface area contributed by atoms with Crippen molar-refractivity contribution in [3.8, 4) is 0 Å². The quantitative estimate of drug-likeness (QED) is 0.724. The average Bonchev–Trinajstić information content (AvgIpc) is 2.30. The van der Waals surface area contributed by atoms with E-state index in [1.54, 1.807) is 0 Å². The van der Waals surface area contributed by atoms with Crippen LogP contribution in [0.4, 0.5) is 0 Å². The molecule has 16 heavy (non-hydrogen) atoms. The van der Waals surface area contributed by atoms with E-state index >= 15 is 0 Å². The van der Waals surface area contributed by atoms with Crippen molar-refractivity contribution in [2.45, 2.75) is 13.3 Å². The SMILES string of the molecule is C=C(CC)c1ccccc1.CN(C)CCP. The fraction of sp³-hybridized carbons (Fsp3) is 0.429. The van der Waals surface area contributed by atoms with Gasteiger partial charge in [-0.25, -0.2) is 0 Å². The summed E-state index contributed by atoms with van der Waals surface area (Å²) < 4.78 is 0. The van der Waals surface area contributed by atoms with E-state index in [0.717, 1.165) is 6.42 Å². The van der Waals surface area contributed by atoms with E-state index in [0.29, 0.717) is 0 Å². The summed E-state index contributed by atoms with van der Waals surface area (Å²) in [7, 11) is 6.83. The van der Waals surface area contributed by atoms with E-state index < -0.39 is 0 Å². The maximum Gasteiger partial charge on any atom is 0.000983 e. The first kappa shape index (κ1) is 15.3. The number of hydrogen-bond acceptors (Lipinski definition) is 1. The standard InChI is InChI=1S/C10H12.C4H12NP/c1-3-9(2)10-7-5-4-6-8-10;1-5(2)3-4-6/h4-8H,2-3H2,1H3;3-4,6H2,1-2H3. The number of nitrogens with zero attached hydrogens (tertiary/aromatic N) is 1. The molecule has 1 rings (SSSR count). The third-order valence-corrected chi connectivity index (χ3v) is 2.44. The number of rotatable bonds is 4. The number of hydrogen-bond donors (Lipinski definition) is 0. The van der Waals surface area contributed by atoms with Crippen molar-refractivity contribution >= 4 is 14.8 Å². The molecule has 1 aromatic rings. The third kappa shape index (κ3) is 7.62. The van der Waals surface area contributed by atoms with Crippen LogP contribution in [0.15, 0.2) is 36.9 Å². The molecule has 0 bridgehead atoms. The molecule has 1 unspecified atom stereocenters. The van der Waals surface area contributed by atoms with Gasteiger partial charge in [0, 0.05) is 6.54 Å². The molecule has 0 radical (unpaired) electrons. The molecule has 0 amide bonds. The highest BCUT2D eigenvalue weighted by atomic mass is 31.0. The van der Waals surface area contributed by atoms with Gasteiger partial charge in [-0.2, -0.15) is 0 Å². The van der Waals surface area contributed by atoms with Crippen molar-refractivity contribution in [1.82, 2.24) is 4.90 Å². The van der Waals surface area contributed by atoms with Gasteiger partial charge in [-0.3, -0.25) is 0 Å². The van der Waals surface area contributed by atoms with Gasteiger partial charge < -0.3 is 4.90 Å². The molecule has 0 aliphatic heterocycles. The van der Waals surface area contributed by atoms with Crippen LogP contribution in [0.25, 0.3) is 5.57 Å². The fourth-order valence-electron chi connectivity index (χ4n) is 1.14. The normalized spacial score (nSPS) is 9.56. The Morgan fingerprint density at radius 1 is 1.25 bits per heavy atom. The summed E-state index contributed by atoms with van der Waals surface area (Å²) in [6, 6.07) is 10.3. The Kier molecular flexibility index (Phi) is 9.18. The zero-order chi connectivity index (χ0) is 12.4. The zero-order valence-corrected chi connectivity index (χ0v) is 11.9. The summed E-state index contributed by atoms with van der Waals surface area (Å²) in [5.41, 5.74) is 2.46. The molecule has 0 spiro atoms. The van der Waals surface area contributed by atoms with E-state index in [9.17, 15) is 0 Å². The van der Waals surface area contributed by atoms with Crippen LogP contribution in [0.2, 0.25) is 0 Å². The van der Waals surface area contributed by atoms with Gasteiger partial charge in [0.05, 0.1) is 0 Å². The van der Waals surface area contributed by atoms with E-state index in [1.807, 2.05) is 18.2 Å². The van der Waals surface area contributed by atoms with Crippen LogP contribution in [0.1, 0.15) is 18.9 Å². The molecule has 1 atom stereocenters. The first-order valence-corrected chi connectivity index (χ1v) is 6.51. The largest absolute Gasteiger partial charge is 0.309 e. The smallest absolute Gasteiger partial charge is 0.000983 e. The molecule has 1 nitrogen and oxygen atoms in total. The minimum Gasteiger partial charge on any atom is -0.309 e. The Hall–Kier alpha value is -0.650. The van der Waals surface area contributed by atoms with Gasteiger partial charge in [-0.1, -0.05) is 43.8 Å². The van der Waals surface area contributed by atoms with Gasteiger partial charge in [0.2, 0.25) is 0 Å². The van der Waals surface area contributed by atoms with Crippen molar-refractivity contribution in [1.29, 1.82) is 0 Å². The molecule has 0 N–H and O–H groups in total. The van der Waals surface area contributed by atoms with Gasteiger partial charge in [0.15, 0.2) is 0 Å². The summed E-state index contributed by atoms with van der Waals surface area (Å²) >= 11 is 0. The predicted molar refractivity (Wildman–Crippen MR) is 78.9 cm³/mol. The topological polar surface area (TPSA) is 3.24 Å². The Bertz CT molecular complexity index is 280. The summed E-state index contributed by atoms with van der Waals surface area (Å²) in [5.74, 6) is 0. The minimum atomic E-state index is 1.03. The predicted octanol–water partition coefficient (Wildman–Crippen LogP) is 3.53. The second-order valence-corrected chi connectivity index (χ2v) is 4.49. The second-order valence-electron chi connectivity index (χ2n) is 3.92. The Morgan fingerprint density at radius 2 is 1.81 bits per heavy atom. The molecule has 0 saturated heterocycles. The Labute approximate surface area is 103 Å². The van der Waals surface area contributed by atoms with Crippen molar-refractivity contribution < 1.29 is 0 Å². The van der Waals surface area contributed by atoms with Crippen LogP contribution >= 0.6 is 9.24 Å². The highest BCUT2D eigenvalue weighted by Crippen LogP contribution is 2.13. The van der Waals surface area contributed by atoms with Crippen molar-refractivity contribution in [3.05, 3.63) is 42.5 Å². The van der Waals surface area contributed by atoms with Crippen LogP contribution in [0.5, 0.6) is 0 Å². The fourth-order valence-corrected chi connectivity index (χ4v) is 1.65. The molecule has 0 saturated carbocycles. The monoisotopic (exact) mass is 237 g/mol. The summed E-state index contributed by atoms with van der Waals surface area (Å²) in [5, 5.41) is 0. The average molecular weight is 237 g/mol. The van der Waals surface area contributed by atoms with Gasteiger partial charge in [0.25, 0.3) is 0 Å². The molecular weight excluding hydrogens is 213 g/mol. The van der Waals surface area contributed by atoms with Gasteiger partial charge in [-0.05, 0) is 37.8 Å². The van der Waals surface area contributed by atoms with Crippen LogP contribution < -0.4 is 0 Å².